The molecule has 106 valence electrons. The molecular weight excluding hydrogens is 232 g/mol. The van der Waals surface area contributed by atoms with Crippen LogP contribution in [0.3, 0.4) is 0 Å². The van der Waals surface area contributed by atoms with Crippen molar-refractivity contribution in [3.05, 3.63) is 29.8 Å². The molecule has 0 aromatic heterocycles. The van der Waals surface area contributed by atoms with Crippen LogP contribution in [0, 0.1) is 12.8 Å². The molecule has 0 saturated heterocycles. The Morgan fingerprint density at radius 1 is 1.26 bits per heavy atom. The lowest BCUT2D eigenvalue weighted by atomic mass is 10.1. The van der Waals surface area contributed by atoms with Gasteiger partial charge < -0.3 is 10.2 Å². The molecule has 1 aliphatic rings. The minimum absolute atomic E-state index is 0.666. The quantitative estimate of drug-likeness (QED) is 0.768. The topological polar surface area (TPSA) is 15.3 Å². The zero-order valence-corrected chi connectivity index (χ0v) is 12.7. The fourth-order valence-corrected chi connectivity index (χ4v) is 2.76. The molecule has 1 fully saturated rings. The molecule has 1 aromatic rings. The van der Waals surface area contributed by atoms with E-state index >= 15 is 0 Å². The van der Waals surface area contributed by atoms with E-state index in [0.29, 0.717) is 6.04 Å². The van der Waals surface area contributed by atoms with Crippen LogP contribution in [-0.2, 0) is 0 Å². The number of hydrogen-bond acceptors (Lipinski definition) is 2. The number of nitrogens with zero attached hydrogens (tertiary/aromatic N) is 1. The summed E-state index contributed by atoms with van der Waals surface area (Å²) in [5.74, 6) is 0.907. The summed E-state index contributed by atoms with van der Waals surface area (Å²) in [5, 5.41) is 3.74. The average Bonchev–Trinajstić information content (AvgIpc) is 3.25. The van der Waals surface area contributed by atoms with Gasteiger partial charge in [-0.3, -0.25) is 0 Å². The first-order valence-corrected chi connectivity index (χ1v) is 7.80. The number of benzene rings is 1. The van der Waals surface area contributed by atoms with E-state index in [2.05, 4.69) is 55.3 Å². The summed E-state index contributed by atoms with van der Waals surface area (Å²) in [6, 6.07) is 9.41. The van der Waals surface area contributed by atoms with Gasteiger partial charge >= 0.3 is 0 Å². The maximum atomic E-state index is 3.74. The van der Waals surface area contributed by atoms with Gasteiger partial charge in [0.05, 0.1) is 0 Å². The van der Waals surface area contributed by atoms with Gasteiger partial charge in [0.1, 0.15) is 0 Å². The van der Waals surface area contributed by atoms with Crippen molar-refractivity contribution in [1.29, 1.82) is 0 Å². The Kier molecular flexibility index (Phi) is 5.26. The Labute approximate surface area is 118 Å². The van der Waals surface area contributed by atoms with E-state index in [9.17, 15) is 0 Å². The molecule has 0 heterocycles. The summed E-state index contributed by atoms with van der Waals surface area (Å²) in [7, 11) is 0. The van der Waals surface area contributed by atoms with Gasteiger partial charge in [-0.2, -0.15) is 0 Å². The molecular formula is C17H28N2. The van der Waals surface area contributed by atoms with E-state index in [1.54, 1.807) is 0 Å². The van der Waals surface area contributed by atoms with Crippen LogP contribution < -0.4 is 10.2 Å². The molecule has 1 saturated carbocycles. The lowest BCUT2D eigenvalue weighted by Gasteiger charge is -2.30. The van der Waals surface area contributed by atoms with E-state index in [1.807, 2.05) is 0 Å². The van der Waals surface area contributed by atoms with Crippen molar-refractivity contribution in [3.8, 4) is 0 Å². The first kappa shape index (κ1) is 14.4. The normalized spacial score (nSPS) is 16.4. The maximum Gasteiger partial charge on any atom is 0.0396 e. The van der Waals surface area contributed by atoms with Gasteiger partial charge in [-0.25, -0.2) is 0 Å². The fourth-order valence-electron chi connectivity index (χ4n) is 2.76. The van der Waals surface area contributed by atoms with Crippen molar-refractivity contribution < 1.29 is 0 Å². The third-order valence-corrected chi connectivity index (χ3v) is 4.10. The molecule has 0 bridgehead atoms. The summed E-state index contributed by atoms with van der Waals surface area (Å²) in [6.07, 6.45) is 4.04. The molecule has 1 atom stereocenters. The molecule has 0 amide bonds. The van der Waals surface area contributed by atoms with Crippen LogP contribution >= 0.6 is 0 Å². The highest BCUT2D eigenvalue weighted by atomic mass is 15.2. The molecule has 1 aliphatic carbocycles. The zero-order chi connectivity index (χ0) is 13.7. The smallest absolute Gasteiger partial charge is 0.0396 e. The number of rotatable bonds is 8. The third kappa shape index (κ3) is 3.97. The summed E-state index contributed by atoms with van der Waals surface area (Å²) in [6.45, 7) is 10.1. The Bertz CT molecular complexity index is 385. The standard InChI is InChI=1S/C17H28N2/c1-4-12-18-16(15-10-11-15)13-19(5-2)17-9-7-6-8-14(17)3/h6-9,15-16,18H,4-5,10-13H2,1-3H3. The molecule has 2 nitrogen and oxygen atoms in total. The number of nitrogens with one attached hydrogen (secondary N) is 1. The molecule has 2 heteroatoms. The van der Waals surface area contributed by atoms with Crippen LogP contribution in [-0.4, -0.2) is 25.7 Å². The van der Waals surface area contributed by atoms with Crippen molar-refractivity contribution in [1.82, 2.24) is 5.32 Å². The molecule has 1 aromatic carbocycles. The molecule has 1 N–H and O–H groups in total. The first-order valence-electron chi connectivity index (χ1n) is 7.80. The van der Waals surface area contributed by atoms with Gasteiger partial charge in [0.15, 0.2) is 0 Å². The Morgan fingerprint density at radius 2 is 2.00 bits per heavy atom. The number of aryl methyl sites for hydroxylation is 1. The molecule has 0 spiro atoms. The largest absolute Gasteiger partial charge is 0.370 e. The van der Waals surface area contributed by atoms with Crippen LogP contribution in [0.1, 0.15) is 38.7 Å². The SMILES string of the molecule is CCCNC(CN(CC)c1ccccc1C)C1CC1. The second-order valence-corrected chi connectivity index (χ2v) is 5.72. The highest BCUT2D eigenvalue weighted by molar-refractivity contribution is 5.53. The van der Waals surface area contributed by atoms with Crippen LogP contribution in [0.2, 0.25) is 0 Å². The number of anilines is 1. The summed E-state index contributed by atoms with van der Waals surface area (Å²) in [4.78, 5) is 2.53. The predicted octanol–water partition coefficient (Wildman–Crippen LogP) is 3.60. The van der Waals surface area contributed by atoms with E-state index in [1.165, 1.54) is 30.5 Å². The molecule has 0 aliphatic heterocycles. The number of hydrogen-bond donors (Lipinski definition) is 1. The Morgan fingerprint density at radius 3 is 2.58 bits per heavy atom. The minimum atomic E-state index is 0.666. The average molecular weight is 260 g/mol. The van der Waals surface area contributed by atoms with Crippen molar-refractivity contribution in [2.24, 2.45) is 5.92 Å². The second-order valence-electron chi connectivity index (χ2n) is 5.72. The Balaban J connectivity index is 2.02. The van der Waals surface area contributed by atoms with Crippen LogP contribution in [0.5, 0.6) is 0 Å². The van der Waals surface area contributed by atoms with E-state index in [-0.39, 0.29) is 0 Å². The number of para-hydroxylation sites is 1. The van der Waals surface area contributed by atoms with E-state index in [4.69, 9.17) is 0 Å². The lowest BCUT2D eigenvalue weighted by molar-refractivity contribution is 0.458. The Hall–Kier alpha value is -1.02. The van der Waals surface area contributed by atoms with Crippen LogP contribution in [0.25, 0.3) is 0 Å². The zero-order valence-electron chi connectivity index (χ0n) is 12.7. The van der Waals surface area contributed by atoms with Gasteiger partial charge in [0.2, 0.25) is 0 Å². The second kappa shape index (κ2) is 6.95. The van der Waals surface area contributed by atoms with Crippen molar-refractivity contribution in [2.75, 3.05) is 24.5 Å². The monoisotopic (exact) mass is 260 g/mol. The predicted molar refractivity (Wildman–Crippen MR) is 83.9 cm³/mol. The van der Waals surface area contributed by atoms with Crippen LogP contribution in [0.15, 0.2) is 24.3 Å². The van der Waals surface area contributed by atoms with Crippen molar-refractivity contribution in [3.63, 3.8) is 0 Å². The van der Waals surface area contributed by atoms with Gasteiger partial charge in [0.25, 0.3) is 0 Å². The molecule has 19 heavy (non-hydrogen) atoms. The van der Waals surface area contributed by atoms with E-state index < -0.39 is 0 Å². The summed E-state index contributed by atoms with van der Waals surface area (Å²) in [5.41, 5.74) is 2.78. The highest BCUT2D eigenvalue weighted by Gasteiger charge is 2.31. The molecule has 1 unspecified atom stereocenters. The number of likely N-dealkylation sites (N-methyl/N-ethyl adjacent to an activating group) is 1. The molecule has 0 radical (unpaired) electrons. The summed E-state index contributed by atoms with van der Waals surface area (Å²) < 4.78 is 0. The van der Waals surface area contributed by atoms with Crippen LogP contribution in [0.4, 0.5) is 5.69 Å². The van der Waals surface area contributed by atoms with Gasteiger partial charge in [-0.1, -0.05) is 25.1 Å². The first-order chi connectivity index (χ1) is 9.26. The highest BCUT2D eigenvalue weighted by Crippen LogP contribution is 2.33. The minimum Gasteiger partial charge on any atom is -0.370 e. The molecule has 2 rings (SSSR count). The third-order valence-electron chi connectivity index (χ3n) is 4.10. The van der Waals surface area contributed by atoms with Gasteiger partial charge in [-0.15, -0.1) is 0 Å². The summed E-state index contributed by atoms with van der Waals surface area (Å²) >= 11 is 0. The lowest BCUT2D eigenvalue weighted by Crippen LogP contribution is -2.43. The van der Waals surface area contributed by atoms with Crippen molar-refractivity contribution in [2.45, 2.75) is 46.1 Å². The van der Waals surface area contributed by atoms with Gasteiger partial charge in [-0.05, 0) is 57.2 Å². The van der Waals surface area contributed by atoms with Gasteiger partial charge in [0, 0.05) is 24.8 Å². The maximum absolute atomic E-state index is 3.74. The van der Waals surface area contributed by atoms with E-state index in [0.717, 1.165) is 25.6 Å². The fraction of sp³-hybridized carbons (Fsp3) is 0.647. The van der Waals surface area contributed by atoms with Crippen molar-refractivity contribution >= 4 is 5.69 Å².